The van der Waals surface area contributed by atoms with Crippen molar-refractivity contribution in [2.24, 2.45) is 11.8 Å². The van der Waals surface area contributed by atoms with Crippen LogP contribution in [-0.2, 0) is 20.7 Å². The predicted molar refractivity (Wildman–Crippen MR) is 90.6 cm³/mol. The van der Waals surface area contributed by atoms with E-state index in [1.165, 1.54) is 0 Å². The van der Waals surface area contributed by atoms with Gasteiger partial charge in [-0.3, -0.25) is 14.5 Å². The molecule has 0 aliphatic carbocycles. The number of carbonyl (C=O) groups excluding carboxylic acids is 1. The van der Waals surface area contributed by atoms with Crippen molar-refractivity contribution in [3.8, 4) is 0 Å². The van der Waals surface area contributed by atoms with Gasteiger partial charge in [0.05, 0.1) is 30.4 Å². The van der Waals surface area contributed by atoms with Gasteiger partial charge in [-0.15, -0.1) is 0 Å². The van der Waals surface area contributed by atoms with Gasteiger partial charge in [-0.2, -0.15) is 0 Å². The van der Waals surface area contributed by atoms with Crippen molar-refractivity contribution >= 4 is 11.9 Å². The standard InChI is InChI=1S/C18H25N3O5/c1-10-12(11(2)26-20-10)5-16(22)19-6-13-14-7-21(8-17(23)24)9-18(14)4-3-15(13)25-18/h13-15H,3-9H2,1-2H3,(H,19,22)(H,23,24)/t13-,14+,15+,18+/m0/s1. The van der Waals surface area contributed by atoms with Gasteiger partial charge in [-0.05, 0) is 26.7 Å². The number of carbonyl (C=O) groups is 2. The van der Waals surface area contributed by atoms with E-state index in [1.54, 1.807) is 0 Å². The smallest absolute Gasteiger partial charge is 0.317 e. The minimum absolute atomic E-state index is 0.0448. The number of aliphatic carboxylic acids is 1. The van der Waals surface area contributed by atoms with E-state index in [4.69, 9.17) is 14.4 Å². The number of nitrogens with zero attached hydrogens (tertiary/aromatic N) is 2. The molecule has 1 amide bonds. The first-order chi connectivity index (χ1) is 12.4. The van der Waals surface area contributed by atoms with Crippen LogP contribution in [0.5, 0.6) is 0 Å². The van der Waals surface area contributed by atoms with E-state index in [0.717, 1.165) is 30.6 Å². The molecule has 2 N–H and O–H groups in total. The number of nitrogens with one attached hydrogen (secondary N) is 1. The van der Waals surface area contributed by atoms with Crippen LogP contribution in [0.2, 0.25) is 0 Å². The molecule has 3 aliphatic heterocycles. The molecule has 0 radical (unpaired) electrons. The molecule has 0 saturated carbocycles. The highest BCUT2D eigenvalue weighted by Crippen LogP contribution is 2.54. The fourth-order valence-electron chi connectivity index (χ4n) is 5.08. The van der Waals surface area contributed by atoms with Crippen LogP contribution >= 0.6 is 0 Å². The van der Waals surface area contributed by atoms with Crippen molar-refractivity contribution < 1.29 is 24.0 Å². The average molecular weight is 363 g/mol. The number of carboxylic acids is 1. The molecule has 0 unspecified atom stereocenters. The molecular formula is C18H25N3O5. The Morgan fingerprint density at radius 1 is 1.42 bits per heavy atom. The summed E-state index contributed by atoms with van der Waals surface area (Å²) in [5, 5.41) is 16.0. The first-order valence-corrected chi connectivity index (χ1v) is 9.18. The monoisotopic (exact) mass is 363 g/mol. The van der Waals surface area contributed by atoms with Gasteiger partial charge in [0, 0.05) is 37.0 Å². The van der Waals surface area contributed by atoms with E-state index in [-0.39, 0.29) is 36.5 Å². The zero-order valence-electron chi connectivity index (χ0n) is 15.2. The highest BCUT2D eigenvalue weighted by Gasteiger charge is 2.62. The zero-order chi connectivity index (χ0) is 18.5. The molecule has 4 atom stereocenters. The quantitative estimate of drug-likeness (QED) is 0.759. The maximum absolute atomic E-state index is 12.4. The number of amides is 1. The number of hydrogen-bond donors (Lipinski definition) is 2. The van der Waals surface area contributed by atoms with Crippen molar-refractivity contribution in [2.45, 2.75) is 44.8 Å². The Labute approximate surface area is 151 Å². The van der Waals surface area contributed by atoms with E-state index < -0.39 is 5.97 Å². The summed E-state index contributed by atoms with van der Waals surface area (Å²) in [5.74, 6) is 0.368. The van der Waals surface area contributed by atoms with Crippen molar-refractivity contribution in [3.63, 3.8) is 0 Å². The van der Waals surface area contributed by atoms with Crippen LogP contribution in [-0.4, -0.2) is 64.9 Å². The van der Waals surface area contributed by atoms with Gasteiger partial charge in [0.15, 0.2) is 0 Å². The van der Waals surface area contributed by atoms with Gasteiger partial charge in [0.2, 0.25) is 5.91 Å². The van der Waals surface area contributed by atoms with E-state index in [2.05, 4.69) is 10.5 Å². The van der Waals surface area contributed by atoms with Crippen LogP contribution in [0.15, 0.2) is 4.52 Å². The summed E-state index contributed by atoms with van der Waals surface area (Å²) in [6.45, 7) is 5.68. The molecule has 1 spiro atoms. The van der Waals surface area contributed by atoms with Crippen LogP contribution in [0.1, 0.15) is 29.9 Å². The van der Waals surface area contributed by atoms with Crippen LogP contribution in [0.3, 0.4) is 0 Å². The predicted octanol–water partition coefficient (Wildman–Crippen LogP) is 0.514. The maximum atomic E-state index is 12.4. The third-order valence-electron chi connectivity index (χ3n) is 6.27. The Bertz CT molecular complexity index is 713. The van der Waals surface area contributed by atoms with Crippen molar-refractivity contribution in [1.82, 2.24) is 15.4 Å². The second-order valence-electron chi connectivity index (χ2n) is 7.88. The summed E-state index contributed by atoms with van der Waals surface area (Å²) in [6.07, 6.45) is 2.41. The van der Waals surface area contributed by atoms with Crippen molar-refractivity contribution in [3.05, 3.63) is 17.0 Å². The molecule has 3 aliphatic rings. The number of ether oxygens (including phenoxy) is 1. The van der Waals surface area contributed by atoms with Gasteiger partial charge in [0.1, 0.15) is 5.76 Å². The number of aromatic nitrogens is 1. The summed E-state index contributed by atoms with van der Waals surface area (Å²) in [4.78, 5) is 25.4. The number of carboxylic acid groups (broad SMARTS) is 1. The normalized spacial score (nSPS) is 32.8. The number of rotatable bonds is 6. The highest BCUT2D eigenvalue weighted by atomic mass is 16.5. The molecular weight excluding hydrogens is 338 g/mol. The molecule has 1 aromatic rings. The lowest BCUT2D eigenvalue weighted by Crippen LogP contribution is -2.42. The molecule has 8 nitrogen and oxygen atoms in total. The van der Waals surface area contributed by atoms with Gasteiger partial charge in [-0.25, -0.2) is 0 Å². The molecule has 0 aromatic carbocycles. The topological polar surface area (TPSA) is 105 Å². The number of aryl methyl sites for hydroxylation is 2. The summed E-state index contributed by atoms with van der Waals surface area (Å²) >= 11 is 0. The lowest BCUT2D eigenvalue weighted by atomic mass is 9.73. The Kier molecular flexibility index (Phi) is 4.27. The van der Waals surface area contributed by atoms with Gasteiger partial charge in [-0.1, -0.05) is 5.16 Å². The lowest BCUT2D eigenvalue weighted by molar-refractivity contribution is -0.138. The van der Waals surface area contributed by atoms with E-state index in [1.807, 2.05) is 18.7 Å². The SMILES string of the molecule is Cc1noc(C)c1CC(=O)NC[C@H]1[C@H]2CN(CC(=O)O)C[C@]23CC[C@H]1O3. The number of fused-ring (bicyclic) bond motifs is 1. The molecule has 1 aromatic heterocycles. The van der Waals surface area contributed by atoms with Crippen LogP contribution in [0.25, 0.3) is 0 Å². The average Bonchev–Trinajstić information content (AvgIpc) is 3.28. The van der Waals surface area contributed by atoms with Gasteiger partial charge in [0.25, 0.3) is 0 Å². The summed E-state index contributed by atoms with van der Waals surface area (Å²) < 4.78 is 11.4. The highest BCUT2D eigenvalue weighted by molar-refractivity contribution is 5.79. The first-order valence-electron chi connectivity index (χ1n) is 9.18. The molecule has 2 bridgehead atoms. The molecule has 4 rings (SSSR count). The molecule has 3 fully saturated rings. The van der Waals surface area contributed by atoms with Crippen LogP contribution < -0.4 is 5.32 Å². The maximum Gasteiger partial charge on any atom is 0.317 e. The minimum Gasteiger partial charge on any atom is -0.480 e. The van der Waals surface area contributed by atoms with Gasteiger partial charge >= 0.3 is 5.97 Å². The largest absolute Gasteiger partial charge is 0.480 e. The first kappa shape index (κ1) is 17.5. The summed E-state index contributed by atoms with van der Waals surface area (Å²) in [7, 11) is 0. The Morgan fingerprint density at radius 2 is 2.23 bits per heavy atom. The fraction of sp³-hybridized carbons (Fsp3) is 0.722. The zero-order valence-corrected chi connectivity index (χ0v) is 15.2. The molecule has 8 heteroatoms. The van der Waals surface area contributed by atoms with Crippen LogP contribution in [0, 0.1) is 25.7 Å². The second-order valence-corrected chi connectivity index (χ2v) is 7.88. The Balaban J connectivity index is 1.37. The molecule has 3 saturated heterocycles. The van der Waals surface area contributed by atoms with Gasteiger partial charge < -0.3 is 19.7 Å². The van der Waals surface area contributed by atoms with E-state index in [9.17, 15) is 9.59 Å². The van der Waals surface area contributed by atoms with Crippen molar-refractivity contribution in [1.29, 1.82) is 0 Å². The summed E-state index contributed by atoms with van der Waals surface area (Å²) in [6, 6.07) is 0. The third-order valence-corrected chi connectivity index (χ3v) is 6.27. The molecule has 142 valence electrons. The number of likely N-dealkylation sites (tertiary alicyclic amines) is 1. The Hall–Kier alpha value is -1.93. The molecule has 4 heterocycles. The lowest BCUT2D eigenvalue weighted by Gasteiger charge is -2.29. The molecule has 26 heavy (non-hydrogen) atoms. The fourth-order valence-corrected chi connectivity index (χ4v) is 5.08. The van der Waals surface area contributed by atoms with Crippen LogP contribution in [0.4, 0.5) is 0 Å². The van der Waals surface area contributed by atoms with E-state index >= 15 is 0 Å². The second kappa shape index (κ2) is 6.35. The third kappa shape index (κ3) is 2.91. The summed E-state index contributed by atoms with van der Waals surface area (Å²) in [5.41, 5.74) is 1.38. The van der Waals surface area contributed by atoms with E-state index in [0.29, 0.717) is 24.8 Å². The number of hydrogen-bond acceptors (Lipinski definition) is 6. The Morgan fingerprint density at radius 3 is 2.92 bits per heavy atom. The van der Waals surface area contributed by atoms with Crippen molar-refractivity contribution in [2.75, 3.05) is 26.2 Å². The minimum atomic E-state index is -0.805.